The van der Waals surface area contributed by atoms with Gasteiger partial charge in [0.25, 0.3) is 0 Å². The monoisotopic (exact) mass is 177 g/mol. The lowest BCUT2D eigenvalue weighted by Gasteiger charge is -2.23. The van der Waals surface area contributed by atoms with Crippen LogP contribution in [0.4, 0.5) is 5.69 Å². The average molecular weight is 177 g/mol. The molecule has 0 spiro atoms. The summed E-state index contributed by atoms with van der Waals surface area (Å²) in [5.41, 5.74) is 2.39. The molecule has 2 rings (SSSR count). The van der Waals surface area contributed by atoms with Crippen molar-refractivity contribution in [2.24, 2.45) is 0 Å². The fourth-order valence-corrected chi connectivity index (χ4v) is 1.36. The van der Waals surface area contributed by atoms with E-state index in [4.69, 9.17) is 4.74 Å². The van der Waals surface area contributed by atoms with E-state index in [2.05, 4.69) is 11.9 Å². The van der Waals surface area contributed by atoms with Crippen LogP contribution >= 0.6 is 0 Å². The number of aromatic hydroxyl groups is 1. The number of aryl methyl sites for hydroxylation is 1. The van der Waals surface area contributed by atoms with Crippen molar-refractivity contribution in [2.45, 2.75) is 6.92 Å². The molecule has 0 saturated carbocycles. The smallest absolute Gasteiger partial charge is 0.150 e. The van der Waals surface area contributed by atoms with E-state index < -0.39 is 0 Å². The Morgan fingerprint density at radius 1 is 1.54 bits per heavy atom. The van der Waals surface area contributed by atoms with Crippen LogP contribution in [0.3, 0.4) is 0 Å². The van der Waals surface area contributed by atoms with Gasteiger partial charge >= 0.3 is 0 Å². The van der Waals surface area contributed by atoms with Gasteiger partial charge in [-0.05, 0) is 18.6 Å². The maximum atomic E-state index is 9.51. The SMILES string of the molecule is C=C1COc2c(C)ccc(O)c2N1. The van der Waals surface area contributed by atoms with Crippen molar-refractivity contribution in [3.63, 3.8) is 0 Å². The highest BCUT2D eigenvalue weighted by Gasteiger charge is 2.17. The van der Waals surface area contributed by atoms with Gasteiger partial charge in [0.15, 0.2) is 0 Å². The number of phenolic OH excluding ortho intramolecular Hbond substituents is 1. The second kappa shape index (κ2) is 2.69. The summed E-state index contributed by atoms with van der Waals surface area (Å²) < 4.78 is 5.43. The molecular weight excluding hydrogens is 166 g/mol. The number of rotatable bonds is 0. The third-order valence-corrected chi connectivity index (χ3v) is 2.03. The first-order valence-corrected chi connectivity index (χ1v) is 4.08. The first-order chi connectivity index (χ1) is 6.18. The van der Waals surface area contributed by atoms with Crippen LogP contribution in [-0.2, 0) is 0 Å². The molecule has 0 bridgehead atoms. The molecule has 0 aliphatic carbocycles. The van der Waals surface area contributed by atoms with Gasteiger partial charge in [0.05, 0.1) is 0 Å². The van der Waals surface area contributed by atoms with E-state index in [1.54, 1.807) is 6.07 Å². The molecule has 0 radical (unpaired) electrons. The maximum Gasteiger partial charge on any atom is 0.150 e. The Morgan fingerprint density at radius 3 is 3.08 bits per heavy atom. The molecule has 0 aromatic heterocycles. The summed E-state index contributed by atoms with van der Waals surface area (Å²) in [6.45, 7) is 6.13. The van der Waals surface area contributed by atoms with Crippen LogP contribution in [-0.4, -0.2) is 11.7 Å². The van der Waals surface area contributed by atoms with Crippen LogP contribution in [0, 0.1) is 6.92 Å². The molecule has 1 aliphatic heterocycles. The molecule has 13 heavy (non-hydrogen) atoms. The van der Waals surface area contributed by atoms with Crippen LogP contribution < -0.4 is 10.1 Å². The summed E-state index contributed by atoms with van der Waals surface area (Å²) in [6.07, 6.45) is 0. The van der Waals surface area contributed by atoms with Crippen molar-refractivity contribution in [2.75, 3.05) is 11.9 Å². The third kappa shape index (κ3) is 1.22. The molecule has 1 aromatic rings. The predicted molar refractivity (Wildman–Crippen MR) is 51.1 cm³/mol. The van der Waals surface area contributed by atoms with Gasteiger partial charge in [-0.25, -0.2) is 0 Å². The maximum absolute atomic E-state index is 9.51. The predicted octanol–water partition coefficient (Wildman–Crippen LogP) is 2.02. The third-order valence-electron chi connectivity index (χ3n) is 2.03. The summed E-state index contributed by atoms with van der Waals surface area (Å²) in [5, 5.41) is 12.5. The molecule has 3 nitrogen and oxygen atoms in total. The van der Waals surface area contributed by atoms with Crippen molar-refractivity contribution >= 4 is 5.69 Å². The Morgan fingerprint density at radius 2 is 2.31 bits per heavy atom. The molecule has 68 valence electrons. The largest absolute Gasteiger partial charge is 0.506 e. The minimum atomic E-state index is 0.196. The number of hydrogen-bond donors (Lipinski definition) is 2. The van der Waals surface area contributed by atoms with Crippen LogP contribution in [0.2, 0.25) is 0 Å². The number of phenols is 1. The van der Waals surface area contributed by atoms with Gasteiger partial charge in [-0.3, -0.25) is 0 Å². The minimum Gasteiger partial charge on any atom is -0.506 e. The summed E-state index contributed by atoms with van der Waals surface area (Å²) in [7, 11) is 0. The van der Waals surface area contributed by atoms with E-state index in [0.29, 0.717) is 18.0 Å². The zero-order valence-corrected chi connectivity index (χ0v) is 7.42. The van der Waals surface area contributed by atoms with Crippen molar-refractivity contribution in [3.8, 4) is 11.5 Å². The molecule has 1 aromatic carbocycles. The van der Waals surface area contributed by atoms with Gasteiger partial charge in [-0.15, -0.1) is 0 Å². The fourth-order valence-electron chi connectivity index (χ4n) is 1.36. The van der Waals surface area contributed by atoms with Crippen LogP contribution in [0.1, 0.15) is 5.56 Å². The number of anilines is 1. The van der Waals surface area contributed by atoms with Gasteiger partial charge < -0.3 is 15.2 Å². The van der Waals surface area contributed by atoms with Gasteiger partial charge in [-0.1, -0.05) is 12.6 Å². The normalized spacial score (nSPS) is 14.4. The quantitative estimate of drug-likeness (QED) is 0.596. The van der Waals surface area contributed by atoms with Crippen molar-refractivity contribution in [1.29, 1.82) is 0 Å². The topological polar surface area (TPSA) is 41.5 Å². The van der Waals surface area contributed by atoms with Gasteiger partial charge in [0.2, 0.25) is 0 Å². The number of benzene rings is 1. The lowest BCUT2D eigenvalue weighted by Crippen LogP contribution is -2.16. The second-order valence-electron chi connectivity index (χ2n) is 3.12. The lowest BCUT2D eigenvalue weighted by molar-refractivity contribution is 0.340. The Labute approximate surface area is 76.7 Å². The Hall–Kier alpha value is -1.64. The molecule has 0 amide bonds. The fraction of sp³-hybridized carbons (Fsp3) is 0.200. The number of fused-ring (bicyclic) bond motifs is 1. The molecule has 0 atom stereocenters. The van der Waals surface area contributed by atoms with Gasteiger partial charge in [0, 0.05) is 5.70 Å². The Bertz CT molecular complexity index is 371. The standard InChI is InChI=1S/C10H11NO2/c1-6-3-4-8(12)9-10(6)13-5-7(2)11-9/h3-4,11-12H,2,5H2,1H3. The summed E-state index contributed by atoms with van der Waals surface area (Å²) in [4.78, 5) is 0. The molecule has 3 heteroatoms. The van der Waals surface area contributed by atoms with E-state index in [1.165, 1.54) is 0 Å². The first-order valence-electron chi connectivity index (χ1n) is 4.08. The molecule has 2 N–H and O–H groups in total. The zero-order valence-electron chi connectivity index (χ0n) is 7.42. The second-order valence-corrected chi connectivity index (χ2v) is 3.12. The molecule has 1 heterocycles. The van der Waals surface area contributed by atoms with Crippen LogP contribution in [0.15, 0.2) is 24.4 Å². The van der Waals surface area contributed by atoms with Gasteiger partial charge in [0.1, 0.15) is 23.8 Å². The molecular formula is C10H11NO2. The highest BCUT2D eigenvalue weighted by atomic mass is 16.5. The Balaban J connectivity index is 2.57. The summed E-state index contributed by atoms with van der Waals surface area (Å²) in [6, 6.07) is 3.47. The van der Waals surface area contributed by atoms with E-state index >= 15 is 0 Å². The minimum absolute atomic E-state index is 0.196. The number of nitrogens with one attached hydrogen (secondary N) is 1. The molecule has 1 aliphatic rings. The van der Waals surface area contributed by atoms with Crippen LogP contribution in [0.5, 0.6) is 11.5 Å². The van der Waals surface area contributed by atoms with Crippen molar-refractivity contribution < 1.29 is 9.84 Å². The zero-order chi connectivity index (χ0) is 9.42. The summed E-state index contributed by atoms with van der Waals surface area (Å²) >= 11 is 0. The molecule has 0 fully saturated rings. The first kappa shape index (κ1) is 7.98. The van der Waals surface area contributed by atoms with E-state index in [1.807, 2.05) is 13.0 Å². The summed E-state index contributed by atoms with van der Waals surface area (Å²) in [5.74, 6) is 0.911. The van der Waals surface area contributed by atoms with E-state index in [9.17, 15) is 5.11 Å². The highest BCUT2D eigenvalue weighted by molar-refractivity contribution is 5.71. The Kier molecular flexibility index (Phi) is 1.65. The van der Waals surface area contributed by atoms with E-state index in [-0.39, 0.29) is 5.75 Å². The van der Waals surface area contributed by atoms with Gasteiger partial charge in [-0.2, -0.15) is 0 Å². The number of hydrogen-bond acceptors (Lipinski definition) is 3. The molecule has 0 unspecified atom stereocenters. The number of ether oxygens (including phenoxy) is 1. The average Bonchev–Trinajstić information content (AvgIpc) is 2.12. The van der Waals surface area contributed by atoms with E-state index in [0.717, 1.165) is 11.3 Å². The van der Waals surface area contributed by atoms with Crippen molar-refractivity contribution in [3.05, 3.63) is 30.0 Å². The van der Waals surface area contributed by atoms with Crippen molar-refractivity contribution in [1.82, 2.24) is 0 Å². The highest BCUT2D eigenvalue weighted by Crippen LogP contribution is 2.39. The lowest BCUT2D eigenvalue weighted by atomic mass is 10.1. The molecule has 0 saturated heterocycles. The van der Waals surface area contributed by atoms with Crippen LogP contribution in [0.25, 0.3) is 0 Å².